The normalized spacial score (nSPS) is 14.3. The largest absolute Gasteiger partial charge is 0.478 e. The quantitative estimate of drug-likeness (QED) is 0.286. The van der Waals surface area contributed by atoms with Gasteiger partial charge in [-0.05, 0) is 31.6 Å². The number of aryl methyl sites for hydroxylation is 1. The van der Waals surface area contributed by atoms with Crippen LogP contribution in [-0.4, -0.2) is 52.5 Å². The molecule has 2 N–H and O–H groups in total. The van der Waals surface area contributed by atoms with Gasteiger partial charge >= 0.3 is 42.3 Å². The highest BCUT2D eigenvalue weighted by atomic mass is 19.4. The number of carboxylic acids is 2. The standard InChI is InChI=1S/C11H12O2.C9H3F13O2/c1-8-3-5-10(6-4-8)7-9(2)11(12)13;10-5(11,6(12,13)9(20,21)22)4(7(14,15)16,8(17,18)19)2-1-3(23)24/h3-7H,1-2H3,(H,12,13);1-2H,(H,23,24). The number of hydrogen-bond acceptors (Lipinski definition) is 2. The van der Waals surface area contributed by atoms with Crippen molar-refractivity contribution in [1.29, 1.82) is 0 Å². The average molecular weight is 566 g/mol. The summed E-state index contributed by atoms with van der Waals surface area (Å²) in [5, 5.41) is 16.6. The van der Waals surface area contributed by atoms with Gasteiger partial charge in [0, 0.05) is 11.6 Å². The lowest BCUT2D eigenvalue weighted by molar-refractivity contribution is -0.446. The first-order valence-corrected chi connectivity index (χ1v) is 9.12. The lowest BCUT2D eigenvalue weighted by Crippen LogP contribution is -2.69. The Labute approximate surface area is 198 Å². The zero-order valence-electron chi connectivity index (χ0n) is 18.2. The molecule has 17 heteroatoms. The van der Waals surface area contributed by atoms with Gasteiger partial charge in [0.25, 0.3) is 0 Å². The summed E-state index contributed by atoms with van der Waals surface area (Å²) in [5.41, 5.74) is -4.68. The maximum atomic E-state index is 13.3. The molecule has 1 aromatic rings. The SMILES string of the molecule is CC(=Cc1ccc(C)cc1)C(=O)O.O=C(O)C=CC(C(F)(F)F)(C(F)(F)F)C(F)(F)C(F)(F)C(F)(F)F. The van der Waals surface area contributed by atoms with Crippen LogP contribution in [0.2, 0.25) is 0 Å². The number of allylic oxidation sites excluding steroid dienone is 1. The maximum Gasteiger partial charge on any atom is 0.459 e. The monoisotopic (exact) mass is 566 g/mol. The number of benzene rings is 1. The van der Waals surface area contributed by atoms with Gasteiger partial charge in [-0.1, -0.05) is 29.8 Å². The highest BCUT2D eigenvalue weighted by Crippen LogP contribution is 2.65. The molecule has 0 aliphatic heterocycles. The molecule has 0 aliphatic carbocycles. The summed E-state index contributed by atoms with van der Waals surface area (Å²) in [6, 6.07) is 7.73. The van der Waals surface area contributed by atoms with Crippen molar-refractivity contribution in [1.82, 2.24) is 0 Å². The molecule has 0 bridgehead atoms. The van der Waals surface area contributed by atoms with E-state index in [1.165, 1.54) is 5.56 Å². The summed E-state index contributed by atoms with van der Waals surface area (Å²) in [7, 11) is 0. The predicted octanol–water partition coefficient (Wildman–Crippen LogP) is 7.05. The summed E-state index contributed by atoms with van der Waals surface area (Å²) in [6.07, 6.45) is -24.0. The van der Waals surface area contributed by atoms with Crippen molar-refractivity contribution in [2.24, 2.45) is 5.41 Å². The fourth-order valence-electron chi connectivity index (χ4n) is 2.41. The van der Waals surface area contributed by atoms with Gasteiger partial charge in [-0.15, -0.1) is 0 Å². The van der Waals surface area contributed by atoms with Gasteiger partial charge in [0.2, 0.25) is 5.41 Å². The fourth-order valence-corrected chi connectivity index (χ4v) is 2.41. The zero-order chi connectivity index (χ0) is 29.8. The minimum Gasteiger partial charge on any atom is -0.478 e. The van der Waals surface area contributed by atoms with Crippen LogP contribution in [0, 0.1) is 12.3 Å². The van der Waals surface area contributed by atoms with Crippen LogP contribution in [0.4, 0.5) is 57.1 Å². The molecule has 0 spiro atoms. The van der Waals surface area contributed by atoms with Crippen molar-refractivity contribution in [3.8, 4) is 0 Å². The lowest BCUT2D eigenvalue weighted by atomic mass is 9.75. The highest BCUT2D eigenvalue weighted by molar-refractivity contribution is 5.91. The van der Waals surface area contributed by atoms with Gasteiger partial charge in [0.15, 0.2) is 0 Å². The predicted molar refractivity (Wildman–Crippen MR) is 99.7 cm³/mol. The number of hydrogen-bond donors (Lipinski definition) is 2. The Morgan fingerprint density at radius 2 is 1.11 bits per heavy atom. The average Bonchev–Trinajstić information content (AvgIpc) is 2.67. The van der Waals surface area contributed by atoms with E-state index in [4.69, 9.17) is 10.2 Å². The summed E-state index contributed by atoms with van der Waals surface area (Å²) in [5.74, 6) is -19.3. The van der Waals surface area contributed by atoms with Crippen LogP contribution in [0.5, 0.6) is 0 Å². The van der Waals surface area contributed by atoms with Gasteiger partial charge in [-0.3, -0.25) is 0 Å². The van der Waals surface area contributed by atoms with Gasteiger partial charge < -0.3 is 10.2 Å². The molecule has 0 saturated heterocycles. The lowest BCUT2D eigenvalue weighted by Gasteiger charge is -2.43. The third-order valence-electron chi connectivity index (χ3n) is 4.41. The van der Waals surface area contributed by atoms with Crippen LogP contribution in [0.3, 0.4) is 0 Å². The molecule has 1 aromatic carbocycles. The summed E-state index contributed by atoms with van der Waals surface area (Å²) in [4.78, 5) is 20.5. The maximum absolute atomic E-state index is 13.3. The second-order valence-electron chi connectivity index (χ2n) is 7.16. The van der Waals surface area contributed by atoms with Crippen molar-refractivity contribution in [2.75, 3.05) is 0 Å². The van der Waals surface area contributed by atoms with E-state index in [-0.39, 0.29) is 0 Å². The number of alkyl halides is 13. The first-order chi connectivity index (χ1) is 16.3. The first-order valence-electron chi connectivity index (χ1n) is 9.12. The summed E-state index contributed by atoms with van der Waals surface area (Å²) < 4.78 is 163. The first kappa shape index (κ1) is 33.7. The molecular formula is C20H15F13O4. The minimum atomic E-state index is -7.86. The number of aliphatic carboxylic acids is 2. The summed E-state index contributed by atoms with van der Waals surface area (Å²) in [6.45, 7) is 3.58. The van der Waals surface area contributed by atoms with Gasteiger partial charge in [-0.2, -0.15) is 57.1 Å². The Morgan fingerprint density at radius 3 is 1.41 bits per heavy atom. The van der Waals surface area contributed by atoms with Crippen molar-refractivity contribution in [2.45, 2.75) is 44.2 Å². The molecule has 4 nitrogen and oxygen atoms in total. The van der Waals surface area contributed by atoms with E-state index in [0.29, 0.717) is 5.57 Å². The Hall–Kier alpha value is -3.27. The molecule has 37 heavy (non-hydrogen) atoms. The molecule has 0 heterocycles. The van der Waals surface area contributed by atoms with Crippen LogP contribution >= 0.6 is 0 Å². The highest BCUT2D eigenvalue weighted by Gasteiger charge is 2.91. The Balaban J connectivity index is 0.000000832. The van der Waals surface area contributed by atoms with Crippen molar-refractivity contribution >= 4 is 18.0 Å². The second-order valence-corrected chi connectivity index (χ2v) is 7.16. The second kappa shape index (κ2) is 11.0. The molecule has 210 valence electrons. The molecule has 0 radical (unpaired) electrons. The van der Waals surface area contributed by atoms with Gasteiger partial charge in [0.05, 0.1) is 0 Å². The zero-order valence-corrected chi connectivity index (χ0v) is 18.2. The van der Waals surface area contributed by atoms with E-state index >= 15 is 0 Å². The molecule has 0 unspecified atom stereocenters. The molecular weight excluding hydrogens is 551 g/mol. The van der Waals surface area contributed by atoms with Crippen molar-refractivity contribution < 1.29 is 76.9 Å². The van der Waals surface area contributed by atoms with Crippen LogP contribution < -0.4 is 0 Å². The Bertz CT molecular complexity index is 1000. The van der Waals surface area contributed by atoms with E-state index in [1.54, 1.807) is 13.0 Å². The molecule has 0 saturated carbocycles. The molecule has 0 amide bonds. The van der Waals surface area contributed by atoms with Crippen LogP contribution in [0.1, 0.15) is 18.1 Å². The van der Waals surface area contributed by atoms with E-state index in [9.17, 15) is 66.7 Å². The van der Waals surface area contributed by atoms with Crippen LogP contribution in [0.25, 0.3) is 6.08 Å². The molecule has 0 atom stereocenters. The smallest absolute Gasteiger partial charge is 0.459 e. The Kier molecular flexibility index (Phi) is 10.0. The number of halogens is 13. The van der Waals surface area contributed by atoms with Gasteiger partial charge in [-0.25, -0.2) is 9.59 Å². The molecule has 0 aromatic heterocycles. The van der Waals surface area contributed by atoms with Gasteiger partial charge in [0.1, 0.15) is 0 Å². The number of rotatable bonds is 6. The molecule has 1 rings (SSSR count). The minimum absolute atomic E-state index is 0.351. The van der Waals surface area contributed by atoms with E-state index in [1.807, 2.05) is 31.2 Å². The molecule has 0 fully saturated rings. The fraction of sp³-hybridized carbons (Fsp3) is 0.400. The topological polar surface area (TPSA) is 74.6 Å². The number of carbonyl (C=O) groups is 2. The van der Waals surface area contributed by atoms with Crippen molar-refractivity contribution in [3.05, 3.63) is 53.1 Å². The molecule has 0 aliphatic rings. The van der Waals surface area contributed by atoms with Crippen molar-refractivity contribution in [3.63, 3.8) is 0 Å². The summed E-state index contributed by atoms with van der Waals surface area (Å²) >= 11 is 0. The van der Waals surface area contributed by atoms with Crippen LogP contribution in [-0.2, 0) is 9.59 Å². The van der Waals surface area contributed by atoms with E-state index in [2.05, 4.69) is 0 Å². The Morgan fingerprint density at radius 1 is 0.703 bits per heavy atom. The number of carboxylic acid groups (broad SMARTS) is 2. The van der Waals surface area contributed by atoms with Crippen LogP contribution in [0.15, 0.2) is 42.0 Å². The van der Waals surface area contributed by atoms with E-state index < -0.39 is 59.9 Å². The third-order valence-corrected chi connectivity index (χ3v) is 4.41. The third kappa shape index (κ3) is 7.15. The van der Waals surface area contributed by atoms with E-state index in [0.717, 1.165) is 5.56 Å².